The number of carbonyl (C=O) groups is 1. The molecule has 2 unspecified atom stereocenters. The largest absolute Gasteiger partial charge is 0.375 e. The van der Waals surface area contributed by atoms with Crippen molar-refractivity contribution in [2.75, 3.05) is 31.6 Å². The number of amides is 1. The van der Waals surface area contributed by atoms with Crippen molar-refractivity contribution in [2.24, 2.45) is 5.92 Å². The van der Waals surface area contributed by atoms with Gasteiger partial charge in [-0.2, -0.15) is 0 Å². The average molecular weight is 289 g/mol. The summed E-state index contributed by atoms with van der Waals surface area (Å²) in [6.07, 6.45) is 3.06. The lowest BCUT2D eigenvalue weighted by Gasteiger charge is -2.27. The van der Waals surface area contributed by atoms with Crippen LogP contribution in [0.3, 0.4) is 0 Å². The molecule has 0 spiro atoms. The SMILES string of the molecule is CC1CCC(C(=O)NCCCN(C)c2ccccc2)CN1. The van der Waals surface area contributed by atoms with E-state index in [1.54, 1.807) is 0 Å². The Morgan fingerprint density at radius 2 is 2.10 bits per heavy atom. The molecule has 1 saturated heterocycles. The molecule has 1 fully saturated rings. The van der Waals surface area contributed by atoms with E-state index >= 15 is 0 Å². The van der Waals surface area contributed by atoms with Crippen LogP contribution >= 0.6 is 0 Å². The molecule has 1 aliphatic rings. The van der Waals surface area contributed by atoms with Gasteiger partial charge in [0.25, 0.3) is 0 Å². The van der Waals surface area contributed by atoms with Crippen LogP contribution in [0.5, 0.6) is 0 Å². The molecular formula is C17H27N3O. The van der Waals surface area contributed by atoms with Crippen molar-refractivity contribution in [1.29, 1.82) is 0 Å². The number of anilines is 1. The predicted molar refractivity (Wildman–Crippen MR) is 87.5 cm³/mol. The van der Waals surface area contributed by atoms with Gasteiger partial charge in [-0.25, -0.2) is 0 Å². The third kappa shape index (κ3) is 5.05. The average Bonchev–Trinajstić information content (AvgIpc) is 2.52. The molecule has 0 saturated carbocycles. The molecule has 2 rings (SSSR count). The molecule has 1 amide bonds. The summed E-state index contributed by atoms with van der Waals surface area (Å²) in [7, 11) is 2.09. The number of hydrogen-bond acceptors (Lipinski definition) is 3. The Kier molecular flexibility index (Phi) is 6.05. The molecule has 2 N–H and O–H groups in total. The summed E-state index contributed by atoms with van der Waals surface area (Å²) in [4.78, 5) is 14.3. The highest BCUT2D eigenvalue weighted by Crippen LogP contribution is 2.14. The molecule has 1 heterocycles. The molecule has 2 atom stereocenters. The standard InChI is InChI=1S/C17H27N3O/c1-14-9-10-15(13-19-14)17(21)18-11-6-12-20(2)16-7-4-3-5-8-16/h3-5,7-8,14-15,19H,6,9-13H2,1-2H3,(H,18,21). The Labute approximate surface area is 127 Å². The van der Waals surface area contributed by atoms with Gasteiger partial charge in [0.2, 0.25) is 5.91 Å². The number of rotatable bonds is 6. The van der Waals surface area contributed by atoms with E-state index in [1.807, 2.05) is 18.2 Å². The first-order valence-electron chi connectivity index (χ1n) is 7.94. The molecule has 1 aromatic carbocycles. The van der Waals surface area contributed by atoms with Gasteiger partial charge < -0.3 is 15.5 Å². The fraction of sp³-hybridized carbons (Fsp3) is 0.588. The maximum atomic E-state index is 12.1. The van der Waals surface area contributed by atoms with Crippen molar-refractivity contribution in [3.63, 3.8) is 0 Å². The monoisotopic (exact) mass is 289 g/mol. The van der Waals surface area contributed by atoms with Crippen LogP contribution in [0, 0.1) is 5.92 Å². The van der Waals surface area contributed by atoms with E-state index in [9.17, 15) is 4.79 Å². The Morgan fingerprint density at radius 1 is 1.33 bits per heavy atom. The highest BCUT2D eigenvalue weighted by Gasteiger charge is 2.23. The fourth-order valence-corrected chi connectivity index (χ4v) is 2.71. The van der Waals surface area contributed by atoms with E-state index in [0.29, 0.717) is 6.04 Å². The van der Waals surface area contributed by atoms with Crippen LogP contribution in [0.2, 0.25) is 0 Å². The molecule has 4 heteroatoms. The number of carbonyl (C=O) groups excluding carboxylic acids is 1. The molecule has 0 aromatic heterocycles. The van der Waals surface area contributed by atoms with Gasteiger partial charge in [0.05, 0.1) is 5.92 Å². The van der Waals surface area contributed by atoms with Gasteiger partial charge in [0.1, 0.15) is 0 Å². The second-order valence-corrected chi connectivity index (χ2v) is 5.99. The van der Waals surface area contributed by atoms with Gasteiger partial charge in [-0.15, -0.1) is 0 Å². The molecular weight excluding hydrogens is 262 g/mol. The van der Waals surface area contributed by atoms with Gasteiger partial charge >= 0.3 is 0 Å². The van der Waals surface area contributed by atoms with E-state index in [2.05, 4.69) is 41.6 Å². The van der Waals surface area contributed by atoms with E-state index in [0.717, 1.165) is 38.9 Å². The molecule has 0 bridgehead atoms. The lowest BCUT2D eigenvalue weighted by atomic mass is 9.95. The first-order valence-corrected chi connectivity index (χ1v) is 7.94. The fourth-order valence-electron chi connectivity index (χ4n) is 2.71. The zero-order valence-electron chi connectivity index (χ0n) is 13.1. The summed E-state index contributed by atoms with van der Waals surface area (Å²) >= 11 is 0. The summed E-state index contributed by atoms with van der Waals surface area (Å²) in [5.41, 5.74) is 1.22. The first-order chi connectivity index (χ1) is 10.2. The molecule has 0 aliphatic carbocycles. The van der Waals surface area contributed by atoms with Crippen LogP contribution < -0.4 is 15.5 Å². The second kappa shape index (κ2) is 8.03. The third-order valence-corrected chi connectivity index (χ3v) is 4.20. The van der Waals surface area contributed by atoms with Crippen LogP contribution in [0.15, 0.2) is 30.3 Å². The first kappa shape index (κ1) is 15.8. The number of benzene rings is 1. The number of para-hydroxylation sites is 1. The van der Waals surface area contributed by atoms with Crippen molar-refractivity contribution in [1.82, 2.24) is 10.6 Å². The van der Waals surface area contributed by atoms with Crippen LogP contribution in [0.4, 0.5) is 5.69 Å². The summed E-state index contributed by atoms with van der Waals surface area (Å²) in [6.45, 7) is 4.69. The minimum Gasteiger partial charge on any atom is -0.375 e. The topological polar surface area (TPSA) is 44.4 Å². The Balaban J connectivity index is 1.62. The molecule has 116 valence electrons. The summed E-state index contributed by atoms with van der Waals surface area (Å²) in [6, 6.07) is 10.9. The Hall–Kier alpha value is -1.55. The molecule has 4 nitrogen and oxygen atoms in total. The lowest BCUT2D eigenvalue weighted by Crippen LogP contribution is -2.44. The zero-order valence-corrected chi connectivity index (χ0v) is 13.1. The van der Waals surface area contributed by atoms with Gasteiger partial charge in [-0.1, -0.05) is 18.2 Å². The van der Waals surface area contributed by atoms with Crippen molar-refractivity contribution >= 4 is 11.6 Å². The van der Waals surface area contributed by atoms with Gasteiger partial charge in [-0.05, 0) is 38.3 Å². The predicted octanol–water partition coefficient (Wildman–Crippen LogP) is 2.02. The van der Waals surface area contributed by atoms with E-state index in [-0.39, 0.29) is 11.8 Å². The maximum absolute atomic E-state index is 12.1. The normalized spacial score (nSPS) is 21.8. The highest BCUT2D eigenvalue weighted by atomic mass is 16.1. The van der Waals surface area contributed by atoms with Crippen molar-refractivity contribution in [3.05, 3.63) is 30.3 Å². The smallest absolute Gasteiger partial charge is 0.224 e. The molecule has 21 heavy (non-hydrogen) atoms. The summed E-state index contributed by atoms with van der Waals surface area (Å²) < 4.78 is 0. The molecule has 0 radical (unpaired) electrons. The number of hydrogen-bond donors (Lipinski definition) is 2. The van der Waals surface area contributed by atoms with Crippen LogP contribution in [0.25, 0.3) is 0 Å². The van der Waals surface area contributed by atoms with Gasteiger partial charge in [-0.3, -0.25) is 4.79 Å². The van der Waals surface area contributed by atoms with Crippen molar-refractivity contribution in [2.45, 2.75) is 32.2 Å². The lowest BCUT2D eigenvalue weighted by molar-refractivity contribution is -0.125. The van der Waals surface area contributed by atoms with Crippen molar-refractivity contribution < 1.29 is 4.79 Å². The highest BCUT2D eigenvalue weighted by molar-refractivity contribution is 5.78. The summed E-state index contributed by atoms with van der Waals surface area (Å²) in [5, 5.41) is 6.44. The van der Waals surface area contributed by atoms with Crippen LogP contribution in [0.1, 0.15) is 26.2 Å². The van der Waals surface area contributed by atoms with Gasteiger partial charge in [0, 0.05) is 38.4 Å². The minimum absolute atomic E-state index is 0.146. The second-order valence-electron chi connectivity index (χ2n) is 5.99. The number of nitrogens with one attached hydrogen (secondary N) is 2. The van der Waals surface area contributed by atoms with Crippen LogP contribution in [-0.2, 0) is 4.79 Å². The Morgan fingerprint density at radius 3 is 2.76 bits per heavy atom. The van der Waals surface area contributed by atoms with Crippen molar-refractivity contribution in [3.8, 4) is 0 Å². The van der Waals surface area contributed by atoms with Crippen LogP contribution in [-0.4, -0.2) is 38.6 Å². The van der Waals surface area contributed by atoms with E-state index < -0.39 is 0 Å². The summed E-state index contributed by atoms with van der Waals surface area (Å²) in [5.74, 6) is 0.352. The quantitative estimate of drug-likeness (QED) is 0.788. The van der Waals surface area contributed by atoms with E-state index in [1.165, 1.54) is 5.69 Å². The molecule has 1 aliphatic heterocycles. The number of piperidine rings is 1. The zero-order chi connectivity index (χ0) is 15.1. The molecule has 1 aromatic rings. The van der Waals surface area contributed by atoms with Gasteiger partial charge in [0.15, 0.2) is 0 Å². The Bertz CT molecular complexity index is 427. The third-order valence-electron chi connectivity index (χ3n) is 4.20. The maximum Gasteiger partial charge on any atom is 0.224 e. The number of nitrogens with zero attached hydrogens (tertiary/aromatic N) is 1. The van der Waals surface area contributed by atoms with E-state index in [4.69, 9.17) is 0 Å². The minimum atomic E-state index is 0.146.